The van der Waals surface area contributed by atoms with Crippen LogP contribution in [0.1, 0.15) is 44.7 Å². The van der Waals surface area contributed by atoms with Crippen LogP contribution in [0.3, 0.4) is 0 Å². The largest absolute Gasteiger partial charge is 0.450 e. The monoisotopic (exact) mass is 438 g/mol. The Kier molecular flexibility index (Phi) is 5.84. The van der Waals surface area contributed by atoms with E-state index in [0.717, 1.165) is 51.7 Å². The fourth-order valence-corrected chi connectivity index (χ4v) is 5.61. The minimum absolute atomic E-state index is 0.167. The fraction of sp³-hybridized carbons (Fsp3) is 0.600. The average Bonchev–Trinajstić information content (AvgIpc) is 3.35. The number of carbonyl (C=O) groups is 2. The lowest BCUT2D eigenvalue weighted by Crippen LogP contribution is -2.47. The van der Waals surface area contributed by atoms with E-state index in [0.29, 0.717) is 19.7 Å². The van der Waals surface area contributed by atoms with Crippen molar-refractivity contribution in [2.24, 2.45) is 11.3 Å². The van der Waals surface area contributed by atoms with Crippen LogP contribution in [0.5, 0.6) is 0 Å². The van der Waals surface area contributed by atoms with E-state index < -0.39 is 0 Å². The SMILES string of the molecule is CCOC(=O)N1CCC(NC(=O)C2CC23CCN(Cc2cc4ccccc4[nH]2)CC3)CC1. The Hall–Kier alpha value is -2.54. The highest BCUT2D eigenvalue weighted by molar-refractivity contribution is 5.83. The van der Waals surface area contributed by atoms with Crippen molar-refractivity contribution in [3.8, 4) is 0 Å². The topological polar surface area (TPSA) is 77.7 Å². The Labute approximate surface area is 189 Å². The summed E-state index contributed by atoms with van der Waals surface area (Å²) in [6.07, 6.45) is 4.61. The number of piperidine rings is 2. The van der Waals surface area contributed by atoms with E-state index >= 15 is 0 Å². The molecule has 1 aromatic heterocycles. The molecule has 5 rings (SSSR count). The minimum atomic E-state index is -0.238. The normalized spacial score (nSPS) is 23.4. The van der Waals surface area contributed by atoms with E-state index in [-0.39, 0.29) is 29.4 Å². The number of ether oxygens (including phenoxy) is 1. The molecule has 0 bridgehead atoms. The maximum absolute atomic E-state index is 12.9. The standard InChI is InChI=1S/C25H34N4O3/c1-2-32-24(31)29-11-7-19(8-12-29)27-23(30)21-16-25(21)9-13-28(14-10-25)17-20-15-18-5-3-4-6-22(18)26-20/h3-6,15,19,21,26H,2,7-14,16-17H2,1H3,(H,27,30). The van der Waals surface area contributed by atoms with E-state index in [1.807, 2.05) is 6.92 Å². The molecule has 2 amide bonds. The Balaban J connectivity index is 1.06. The van der Waals surface area contributed by atoms with Crippen molar-refractivity contribution >= 4 is 22.9 Å². The molecule has 3 fully saturated rings. The molecule has 172 valence electrons. The third-order valence-electron chi connectivity index (χ3n) is 7.71. The van der Waals surface area contributed by atoms with Crippen molar-refractivity contribution in [3.05, 3.63) is 36.0 Å². The second-order valence-corrected chi connectivity index (χ2v) is 9.75. The van der Waals surface area contributed by atoms with Gasteiger partial charge in [-0.15, -0.1) is 0 Å². The predicted octanol–water partition coefficient (Wildman–Crippen LogP) is 3.51. The minimum Gasteiger partial charge on any atom is -0.450 e. The van der Waals surface area contributed by atoms with Gasteiger partial charge in [-0.1, -0.05) is 18.2 Å². The number of aromatic amines is 1. The number of rotatable bonds is 5. The first-order valence-electron chi connectivity index (χ1n) is 12.1. The molecule has 0 radical (unpaired) electrons. The Morgan fingerprint density at radius 2 is 1.91 bits per heavy atom. The lowest BCUT2D eigenvalue weighted by molar-refractivity contribution is -0.124. The zero-order chi connectivity index (χ0) is 22.1. The van der Waals surface area contributed by atoms with Crippen LogP contribution in [-0.2, 0) is 16.1 Å². The number of H-pyrrole nitrogens is 1. The summed E-state index contributed by atoms with van der Waals surface area (Å²) in [5.74, 6) is 0.393. The highest BCUT2D eigenvalue weighted by Crippen LogP contribution is 2.59. The average molecular weight is 439 g/mol. The smallest absolute Gasteiger partial charge is 0.409 e. The first kappa shape index (κ1) is 21.3. The molecule has 1 unspecified atom stereocenters. The van der Waals surface area contributed by atoms with Gasteiger partial charge in [-0.3, -0.25) is 9.69 Å². The molecule has 1 spiro atoms. The van der Waals surface area contributed by atoms with E-state index in [2.05, 4.69) is 45.5 Å². The van der Waals surface area contributed by atoms with Gasteiger partial charge in [0.1, 0.15) is 0 Å². The Morgan fingerprint density at radius 1 is 1.16 bits per heavy atom. The number of fused-ring (bicyclic) bond motifs is 1. The molecule has 3 heterocycles. The molecule has 3 aliphatic rings. The molecule has 1 atom stereocenters. The lowest BCUT2D eigenvalue weighted by atomic mass is 9.90. The number of likely N-dealkylation sites (tertiary alicyclic amines) is 2. The molecule has 2 aliphatic heterocycles. The molecule has 1 aromatic carbocycles. The van der Waals surface area contributed by atoms with Crippen molar-refractivity contribution in [3.63, 3.8) is 0 Å². The fourth-order valence-electron chi connectivity index (χ4n) is 5.61. The number of aromatic nitrogens is 1. The van der Waals surface area contributed by atoms with Crippen molar-refractivity contribution in [1.82, 2.24) is 20.1 Å². The van der Waals surface area contributed by atoms with Crippen LogP contribution >= 0.6 is 0 Å². The van der Waals surface area contributed by atoms with Gasteiger partial charge < -0.3 is 19.9 Å². The number of hydrogen-bond donors (Lipinski definition) is 2. The first-order valence-corrected chi connectivity index (χ1v) is 12.1. The predicted molar refractivity (Wildman–Crippen MR) is 123 cm³/mol. The van der Waals surface area contributed by atoms with Crippen LogP contribution in [0.25, 0.3) is 10.9 Å². The van der Waals surface area contributed by atoms with Crippen LogP contribution in [0.15, 0.2) is 30.3 Å². The second kappa shape index (κ2) is 8.77. The van der Waals surface area contributed by atoms with Crippen molar-refractivity contribution < 1.29 is 14.3 Å². The molecule has 7 heteroatoms. The quantitative estimate of drug-likeness (QED) is 0.749. The Bertz CT molecular complexity index is 937. The van der Waals surface area contributed by atoms with Crippen LogP contribution in [-0.4, -0.2) is 65.6 Å². The molecular formula is C25H34N4O3. The Morgan fingerprint density at radius 3 is 2.62 bits per heavy atom. The summed E-state index contributed by atoms with van der Waals surface area (Å²) in [7, 11) is 0. The number of hydrogen-bond acceptors (Lipinski definition) is 4. The molecule has 1 aliphatic carbocycles. The van der Waals surface area contributed by atoms with E-state index in [9.17, 15) is 9.59 Å². The van der Waals surface area contributed by atoms with Gasteiger partial charge in [0.2, 0.25) is 5.91 Å². The number of para-hydroxylation sites is 1. The van der Waals surface area contributed by atoms with Crippen molar-refractivity contribution in [1.29, 1.82) is 0 Å². The zero-order valence-electron chi connectivity index (χ0n) is 18.9. The lowest BCUT2D eigenvalue weighted by Gasteiger charge is -2.33. The summed E-state index contributed by atoms with van der Waals surface area (Å²) in [4.78, 5) is 32.5. The first-order chi connectivity index (χ1) is 15.6. The summed E-state index contributed by atoms with van der Waals surface area (Å²) in [6, 6.07) is 10.8. The maximum atomic E-state index is 12.9. The van der Waals surface area contributed by atoms with Crippen LogP contribution < -0.4 is 5.32 Å². The molecule has 7 nitrogen and oxygen atoms in total. The van der Waals surface area contributed by atoms with Gasteiger partial charge in [-0.05, 0) is 75.1 Å². The van der Waals surface area contributed by atoms with E-state index in [1.165, 1.54) is 16.6 Å². The zero-order valence-corrected chi connectivity index (χ0v) is 18.9. The molecular weight excluding hydrogens is 404 g/mol. The molecule has 2 N–H and O–H groups in total. The summed E-state index contributed by atoms with van der Waals surface area (Å²) in [5, 5.41) is 4.54. The number of carbonyl (C=O) groups excluding carboxylic acids is 2. The van der Waals surface area contributed by atoms with E-state index in [4.69, 9.17) is 4.74 Å². The molecule has 2 saturated heterocycles. The van der Waals surface area contributed by atoms with Gasteiger partial charge in [0, 0.05) is 42.8 Å². The van der Waals surface area contributed by atoms with Crippen LogP contribution in [0.2, 0.25) is 0 Å². The van der Waals surface area contributed by atoms with E-state index in [1.54, 1.807) is 4.90 Å². The number of nitrogens with one attached hydrogen (secondary N) is 2. The summed E-state index contributed by atoms with van der Waals surface area (Å²) >= 11 is 0. The molecule has 32 heavy (non-hydrogen) atoms. The number of benzene rings is 1. The van der Waals surface area contributed by atoms with Gasteiger partial charge in [0.25, 0.3) is 0 Å². The summed E-state index contributed by atoms with van der Waals surface area (Å²) in [6.45, 7) is 6.58. The highest BCUT2D eigenvalue weighted by Gasteiger charge is 2.58. The number of amides is 2. The van der Waals surface area contributed by atoms with Crippen LogP contribution in [0, 0.1) is 11.3 Å². The molecule has 1 saturated carbocycles. The summed E-state index contributed by atoms with van der Waals surface area (Å²) < 4.78 is 5.08. The maximum Gasteiger partial charge on any atom is 0.409 e. The van der Waals surface area contributed by atoms with Crippen molar-refractivity contribution in [2.75, 3.05) is 32.8 Å². The van der Waals surface area contributed by atoms with Crippen LogP contribution in [0.4, 0.5) is 4.79 Å². The van der Waals surface area contributed by atoms with Gasteiger partial charge in [-0.2, -0.15) is 0 Å². The van der Waals surface area contributed by atoms with Gasteiger partial charge in [0.15, 0.2) is 0 Å². The van der Waals surface area contributed by atoms with Gasteiger partial charge >= 0.3 is 6.09 Å². The second-order valence-electron chi connectivity index (χ2n) is 9.75. The van der Waals surface area contributed by atoms with Gasteiger partial charge in [-0.25, -0.2) is 4.79 Å². The molecule has 2 aromatic rings. The third-order valence-corrected chi connectivity index (χ3v) is 7.71. The third kappa shape index (κ3) is 4.35. The highest BCUT2D eigenvalue weighted by atomic mass is 16.6. The van der Waals surface area contributed by atoms with Crippen molar-refractivity contribution in [2.45, 2.75) is 51.6 Å². The van der Waals surface area contributed by atoms with Gasteiger partial charge in [0.05, 0.1) is 6.61 Å². The summed E-state index contributed by atoms with van der Waals surface area (Å²) in [5.41, 5.74) is 2.68. The number of nitrogens with zero attached hydrogens (tertiary/aromatic N) is 2.